The van der Waals surface area contributed by atoms with E-state index in [2.05, 4.69) is 29.8 Å². The van der Waals surface area contributed by atoms with Crippen LogP contribution in [0.3, 0.4) is 0 Å². The fourth-order valence-electron chi connectivity index (χ4n) is 2.74. The lowest BCUT2D eigenvalue weighted by Gasteiger charge is -2.14. The van der Waals surface area contributed by atoms with Gasteiger partial charge in [-0.1, -0.05) is 12.1 Å². The topological polar surface area (TPSA) is 34.0 Å². The Hall–Kier alpha value is -2.14. The van der Waals surface area contributed by atoms with Crippen LogP contribution >= 0.6 is 11.3 Å². The molecular weight excluding hydrogens is 311 g/mol. The van der Waals surface area contributed by atoms with Gasteiger partial charge in [-0.05, 0) is 55.5 Å². The zero-order chi connectivity index (χ0) is 16.4. The van der Waals surface area contributed by atoms with Crippen molar-refractivity contribution in [2.24, 2.45) is 0 Å². The molecule has 3 rings (SSSR count). The lowest BCUT2D eigenvalue weighted by Crippen LogP contribution is -2.28. The second-order valence-electron chi connectivity index (χ2n) is 5.80. The number of hydrogen-bond donors (Lipinski definition) is 1. The van der Waals surface area contributed by atoms with Crippen molar-refractivity contribution in [1.29, 1.82) is 0 Å². The summed E-state index contributed by atoms with van der Waals surface area (Å²) in [7, 11) is 0. The minimum atomic E-state index is -0.243. The molecule has 3 aromatic rings. The molecule has 0 unspecified atom stereocenters. The van der Waals surface area contributed by atoms with E-state index in [-0.39, 0.29) is 17.8 Å². The third-order valence-corrected chi connectivity index (χ3v) is 4.67. The van der Waals surface area contributed by atoms with E-state index in [0.717, 1.165) is 15.8 Å². The normalized spacial score (nSPS) is 11.3. The molecule has 2 heterocycles. The van der Waals surface area contributed by atoms with Crippen molar-refractivity contribution in [2.75, 3.05) is 6.54 Å². The van der Waals surface area contributed by atoms with Crippen LogP contribution in [0, 0.1) is 5.82 Å². The number of fused-ring (bicyclic) bond motifs is 1. The summed E-state index contributed by atoms with van der Waals surface area (Å²) in [6.07, 6.45) is 0.683. The summed E-state index contributed by atoms with van der Waals surface area (Å²) in [5.74, 6) is -0.308. The Morgan fingerprint density at radius 3 is 2.70 bits per heavy atom. The zero-order valence-electron chi connectivity index (χ0n) is 13.2. The second-order valence-corrected chi connectivity index (χ2v) is 6.74. The van der Waals surface area contributed by atoms with Crippen LogP contribution in [-0.2, 0) is 6.42 Å². The Bertz CT molecular complexity index is 817. The maximum absolute atomic E-state index is 12.9. The SMILES string of the molecule is CC(C)n1c(C(=O)NCCc2ccc(F)cc2)cc2sccc21. The number of carbonyl (C=O) groups excluding carboxylic acids is 1. The Balaban J connectivity index is 1.69. The highest BCUT2D eigenvalue weighted by Crippen LogP contribution is 2.28. The summed E-state index contributed by atoms with van der Waals surface area (Å²) >= 11 is 1.64. The Morgan fingerprint density at radius 2 is 2.00 bits per heavy atom. The van der Waals surface area contributed by atoms with E-state index in [4.69, 9.17) is 0 Å². The molecule has 23 heavy (non-hydrogen) atoms. The van der Waals surface area contributed by atoms with Crippen molar-refractivity contribution in [1.82, 2.24) is 9.88 Å². The van der Waals surface area contributed by atoms with Gasteiger partial charge in [0.05, 0.1) is 10.2 Å². The average molecular weight is 330 g/mol. The molecular formula is C18H19FN2OS. The number of carbonyl (C=O) groups is 1. The maximum Gasteiger partial charge on any atom is 0.267 e. The summed E-state index contributed by atoms with van der Waals surface area (Å²) in [5, 5.41) is 5.00. The van der Waals surface area contributed by atoms with Crippen LogP contribution in [0.1, 0.15) is 35.9 Å². The molecule has 3 nitrogen and oxygen atoms in total. The molecule has 0 saturated heterocycles. The van der Waals surface area contributed by atoms with Gasteiger partial charge >= 0.3 is 0 Å². The molecule has 1 N–H and O–H groups in total. The third kappa shape index (κ3) is 3.29. The van der Waals surface area contributed by atoms with E-state index in [1.165, 1.54) is 12.1 Å². The van der Waals surface area contributed by atoms with Crippen molar-refractivity contribution in [3.63, 3.8) is 0 Å². The van der Waals surface area contributed by atoms with E-state index in [1.54, 1.807) is 23.5 Å². The summed E-state index contributed by atoms with van der Waals surface area (Å²) in [5.41, 5.74) is 2.81. The molecule has 0 aliphatic carbocycles. The number of aromatic nitrogens is 1. The predicted octanol–water partition coefficient (Wildman–Crippen LogP) is 4.40. The smallest absolute Gasteiger partial charge is 0.267 e. The number of hydrogen-bond acceptors (Lipinski definition) is 2. The minimum Gasteiger partial charge on any atom is -0.350 e. The van der Waals surface area contributed by atoms with E-state index < -0.39 is 0 Å². The molecule has 0 radical (unpaired) electrons. The number of nitrogens with zero attached hydrogens (tertiary/aromatic N) is 1. The molecule has 5 heteroatoms. The van der Waals surface area contributed by atoms with Crippen LogP contribution in [0.25, 0.3) is 10.2 Å². The van der Waals surface area contributed by atoms with Gasteiger partial charge in [0.2, 0.25) is 0 Å². The standard InChI is InChI=1S/C18H19FN2OS/c1-12(2)21-15-8-10-23-17(15)11-16(21)18(22)20-9-7-13-3-5-14(19)6-4-13/h3-6,8,10-12H,7,9H2,1-2H3,(H,20,22). The first-order valence-corrected chi connectivity index (χ1v) is 8.55. The van der Waals surface area contributed by atoms with Crippen LogP contribution in [-0.4, -0.2) is 17.0 Å². The van der Waals surface area contributed by atoms with Gasteiger partial charge in [-0.2, -0.15) is 0 Å². The molecule has 0 aliphatic rings. The van der Waals surface area contributed by atoms with Crippen LogP contribution in [0.4, 0.5) is 4.39 Å². The number of thiophene rings is 1. The molecule has 0 bridgehead atoms. The summed E-state index contributed by atoms with van der Waals surface area (Å²) in [6, 6.07) is 10.6. The molecule has 0 atom stereocenters. The van der Waals surface area contributed by atoms with Gasteiger partial charge in [-0.25, -0.2) is 4.39 Å². The lowest BCUT2D eigenvalue weighted by atomic mass is 10.1. The van der Waals surface area contributed by atoms with Gasteiger partial charge in [0.25, 0.3) is 5.91 Å². The molecule has 0 fully saturated rings. The average Bonchev–Trinajstić information content (AvgIpc) is 3.09. The second kappa shape index (κ2) is 6.54. The maximum atomic E-state index is 12.9. The van der Waals surface area contributed by atoms with Gasteiger partial charge in [0.1, 0.15) is 11.5 Å². The summed E-state index contributed by atoms with van der Waals surface area (Å²) in [6.45, 7) is 4.68. The van der Waals surface area contributed by atoms with Crippen LogP contribution in [0.15, 0.2) is 41.8 Å². The molecule has 120 valence electrons. The predicted molar refractivity (Wildman–Crippen MR) is 92.6 cm³/mol. The molecule has 0 spiro atoms. The number of amides is 1. The molecule has 2 aromatic heterocycles. The fourth-order valence-corrected chi connectivity index (χ4v) is 3.55. The number of halogens is 1. The number of nitrogens with one attached hydrogen (secondary N) is 1. The van der Waals surface area contributed by atoms with E-state index in [9.17, 15) is 9.18 Å². The lowest BCUT2D eigenvalue weighted by molar-refractivity contribution is 0.0944. The van der Waals surface area contributed by atoms with Crippen molar-refractivity contribution in [2.45, 2.75) is 26.3 Å². The quantitative estimate of drug-likeness (QED) is 0.739. The van der Waals surface area contributed by atoms with E-state index in [1.807, 2.05) is 11.4 Å². The van der Waals surface area contributed by atoms with Gasteiger partial charge in [-0.3, -0.25) is 4.79 Å². The monoisotopic (exact) mass is 330 g/mol. The first-order chi connectivity index (χ1) is 11.1. The molecule has 1 amide bonds. The Labute approximate surface area is 138 Å². The van der Waals surface area contributed by atoms with Crippen LogP contribution in [0.2, 0.25) is 0 Å². The highest BCUT2D eigenvalue weighted by molar-refractivity contribution is 7.17. The van der Waals surface area contributed by atoms with Gasteiger partial charge in [-0.15, -0.1) is 11.3 Å². The van der Waals surface area contributed by atoms with Crippen molar-refractivity contribution >= 4 is 27.5 Å². The fraction of sp³-hybridized carbons (Fsp3) is 0.278. The largest absolute Gasteiger partial charge is 0.350 e. The summed E-state index contributed by atoms with van der Waals surface area (Å²) < 4.78 is 16.1. The first-order valence-electron chi connectivity index (χ1n) is 7.67. The van der Waals surface area contributed by atoms with Crippen molar-refractivity contribution in [3.05, 3.63) is 58.9 Å². The highest BCUT2D eigenvalue weighted by Gasteiger charge is 2.17. The Morgan fingerprint density at radius 1 is 1.26 bits per heavy atom. The minimum absolute atomic E-state index is 0.0655. The van der Waals surface area contributed by atoms with Crippen molar-refractivity contribution in [3.8, 4) is 0 Å². The highest BCUT2D eigenvalue weighted by atomic mass is 32.1. The third-order valence-electron chi connectivity index (χ3n) is 3.82. The Kier molecular flexibility index (Phi) is 4.48. The number of benzene rings is 1. The summed E-state index contributed by atoms with van der Waals surface area (Å²) in [4.78, 5) is 12.5. The van der Waals surface area contributed by atoms with E-state index >= 15 is 0 Å². The number of rotatable bonds is 5. The molecule has 1 aromatic carbocycles. The van der Waals surface area contributed by atoms with Crippen LogP contribution in [0.5, 0.6) is 0 Å². The van der Waals surface area contributed by atoms with Gasteiger partial charge in [0, 0.05) is 12.6 Å². The first kappa shape index (κ1) is 15.7. The van der Waals surface area contributed by atoms with E-state index in [0.29, 0.717) is 18.7 Å². The molecule has 0 saturated carbocycles. The molecule has 0 aliphatic heterocycles. The zero-order valence-corrected chi connectivity index (χ0v) is 14.0. The van der Waals surface area contributed by atoms with Crippen LogP contribution < -0.4 is 5.32 Å². The van der Waals surface area contributed by atoms with Crippen molar-refractivity contribution < 1.29 is 9.18 Å². The van der Waals surface area contributed by atoms with Gasteiger partial charge < -0.3 is 9.88 Å². The van der Waals surface area contributed by atoms with Gasteiger partial charge in [0.15, 0.2) is 0 Å².